The lowest BCUT2D eigenvalue weighted by Crippen LogP contribution is -2.00. The maximum absolute atomic E-state index is 9.67. The molecule has 0 rings (SSSR count). The molecule has 0 aromatic carbocycles. The number of hydrogen-bond donors (Lipinski definition) is 0. The van der Waals surface area contributed by atoms with Gasteiger partial charge in [0.15, 0.2) is 0 Å². The number of halogens is 1. The molecule has 3 nitrogen and oxygen atoms in total. The highest BCUT2D eigenvalue weighted by Crippen LogP contribution is 1.93. The van der Waals surface area contributed by atoms with E-state index >= 15 is 0 Å². The van der Waals surface area contributed by atoms with E-state index in [0.717, 1.165) is 0 Å². The van der Waals surface area contributed by atoms with Crippen molar-refractivity contribution in [3.05, 3.63) is 21.2 Å². The third-order valence-corrected chi connectivity index (χ3v) is 0.937. The molecule has 0 radical (unpaired) electrons. The van der Waals surface area contributed by atoms with Crippen LogP contribution in [0.4, 0.5) is 0 Å². The van der Waals surface area contributed by atoms with Gasteiger partial charge in [-0.3, -0.25) is 10.1 Å². The molecular formula is C4H6ClNO2. The Labute approximate surface area is 52.1 Å². The van der Waals surface area contributed by atoms with Gasteiger partial charge >= 0.3 is 0 Å². The molecule has 0 aliphatic rings. The Morgan fingerprint density at radius 2 is 2.50 bits per heavy atom. The first-order valence-electron chi connectivity index (χ1n) is 2.04. The van der Waals surface area contributed by atoms with Gasteiger partial charge in [0.2, 0.25) is 6.54 Å². The molecule has 0 heterocycles. The molecule has 0 atom stereocenters. The second-order valence-corrected chi connectivity index (χ2v) is 1.66. The van der Waals surface area contributed by atoms with Crippen molar-refractivity contribution < 1.29 is 4.92 Å². The summed E-state index contributed by atoms with van der Waals surface area (Å²) in [6.07, 6.45) is 0. The normalized spacial score (nSPS) is 11.5. The predicted molar refractivity (Wildman–Crippen MR) is 31.5 cm³/mol. The molecule has 0 saturated heterocycles. The summed E-state index contributed by atoms with van der Waals surface area (Å²) in [5, 5.41) is 9.67. The van der Waals surface area contributed by atoms with Crippen molar-refractivity contribution in [3.8, 4) is 0 Å². The summed E-state index contributed by atoms with van der Waals surface area (Å²) in [5.74, 6) is 0. The van der Waals surface area contributed by atoms with E-state index in [9.17, 15) is 10.1 Å². The van der Waals surface area contributed by atoms with E-state index in [0.29, 0.717) is 5.57 Å². The van der Waals surface area contributed by atoms with Crippen molar-refractivity contribution in [2.24, 2.45) is 0 Å². The van der Waals surface area contributed by atoms with Crippen LogP contribution in [0.1, 0.15) is 6.92 Å². The molecule has 0 unspecified atom stereocenters. The van der Waals surface area contributed by atoms with E-state index in [1.807, 2.05) is 0 Å². The van der Waals surface area contributed by atoms with Crippen LogP contribution in [-0.2, 0) is 0 Å². The van der Waals surface area contributed by atoms with E-state index in [-0.39, 0.29) is 6.54 Å². The smallest absolute Gasteiger partial charge is 0.225 e. The van der Waals surface area contributed by atoms with Gasteiger partial charge in [0.25, 0.3) is 0 Å². The average molecular weight is 136 g/mol. The van der Waals surface area contributed by atoms with Gasteiger partial charge in [-0.25, -0.2) is 0 Å². The molecule has 0 amide bonds. The van der Waals surface area contributed by atoms with Crippen molar-refractivity contribution in [1.82, 2.24) is 0 Å². The molecule has 46 valence electrons. The maximum Gasteiger partial charge on any atom is 0.225 e. The second kappa shape index (κ2) is 3.43. The molecule has 4 heteroatoms. The van der Waals surface area contributed by atoms with Gasteiger partial charge in [-0.05, 0) is 6.92 Å². The lowest BCUT2D eigenvalue weighted by molar-refractivity contribution is -0.470. The fraction of sp³-hybridized carbons (Fsp3) is 0.500. The van der Waals surface area contributed by atoms with E-state index < -0.39 is 4.92 Å². The van der Waals surface area contributed by atoms with Crippen molar-refractivity contribution in [2.45, 2.75) is 6.92 Å². The number of nitrogens with zero attached hydrogens (tertiary/aromatic N) is 1. The standard InChI is InChI=1S/C4H6ClNO2/c1-4(2-5)3-6(7)8/h2H,3H2,1H3. The van der Waals surface area contributed by atoms with Gasteiger partial charge in [0.05, 0.1) is 0 Å². The van der Waals surface area contributed by atoms with Crippen LogP contribution in [0, 0.1) is 10.1 Å². The lowest BCUT2D eigenvalue weighted by Gasteiger charge is -1.87. The summed E-state index contributed by atoms with van der Waals surface area (Å²) in [4.78, 5) is 9.25. The zero-order chi connectivity index (χ0) is 6.57. The number of rotatable bonds is 2. The third-order valence-electron chi connectivity index (χ3n) is 0.565. The molecule has 0 aliphatic heterocycles. The van der Waals surface area contributed by atoms with Crippen molar-refractivity contribution in [1.29, 1.82) is 0 Å². The summed E-state index contributed by atoms with van der Waals surface area (Å²) in [6, 6.07) is 0. The monoisotopic (exact) mass is 135 g/mol. The van der Waals surface area contributed by atoms with Gasteiger partial charge in [0, 0.05) is 16.0 Å². The van der Waals surface area contributed by atoms with Gasteiger partial charge in [-0.1, -0.05) is 11.6 Å². The molecule has 0 fully saturated rings. The Bertz CT molecular complexity index is 121. The van der Waals surface area contributed by atoms with Crippen molar-refractivity contribution >= 4 is 11.6 Å². The van der Waals surface area contributed by atoms with E-state index in [1.54, 1.807) is 6.92 Å². The van der Waals surface area contributed by atoms with Crippen LogP contribution in [0.2, 0.25) is 0 Å². The SMILES string of the molecule is CC(=CCl)C[N+](=O)[O-]. The van der Waals surface area contributed by atoms with Gasteiger partial charge in [-0.15, -0.1) is 0 Å². The van der Waals surface area contributed by atoms with Crippen LogP contribution < -0.4 is 0 Å². The minimum atomic E-state index is -0.422. The highest BCUT2D eigenvalue weighted by Gasteiger charge is 1.95. The highest BCUT2D eigenvalue weighted by molar-refractivity contribution is 6.25. The van der Waals surface area contributed by atoms with Gasteiger partial charge in [-0.2, -0.15) is 0 Å². The molecule has 8 heavy (non-hydrogen) atoms. The Balaban J connectivity index is 3.56. The topological polar surface area (TPSA) is 43.1 Å². The lowest BCUT2D eigenvalue weighted by atomic mass is 10.4. The van der Waals surface area contributed by atoms with Crippen molar-refractivity contribution in [2.75, 3.05) is 6.54 Å². The molecule has 0 aliphatic carbocycles. The zero-order valence-electron chi connectivity index (χ0n) is 4.43. The fourth-order valence-corrected chi connectivity index (χ4v) is 0.307. The van der Waals surface area contributed by atoms with Crippen LogP contribution in [0.3, 0.4) is 0 Å². The van der Waals surface area contributed by atoms with E-state index in [1.165, 1.54) is 5.54 Å². The maximum atomic E-state index is 9.67. The van der Waals surface area contributed by atoms with Crippen molar-refractivity contribution in [3.63, 3.8) is 0 Å². The summed E-state index contributed by atoms with van der Waals surface area (Å²) in [6.45, 7) is 1.44. The van der Waals surface area contributed by atoms with Crippen LogP contribution in [0.5, 0.6) is 0 Å². The van der Waals surface area contributed by atoms with Crippen LogP contribution in [-0.4, -0.2) is 11.5 Å². The molecule has 0 spiro atoms. The Kier molecular flexibility index (Phi) is 3.19. The summed E-state index contributed by atoms with van der Waals surface area (Å²) < 4.78 is 0. The highest BCUT2D eigenvalue weighted by atomic mass is 35.5. The van der Waals surface area contributed by atoms with E-state index in [2.05, 4.69) is 0 Å². The Hall–Kier alpha value is -0.570. The Morgan fingerprint density at radius 1 is 2.00 bits per heavy atom. The van der Waals surface area contributed by atoms with Crippen LogP contribution >= 0.6 is 11.6 Å². The quantitative estimate of drug-likeness (QED) is 0.424. The minimum Gasteiger partial charge on any atom is -0.264 e. The van der Waals surface area contributed by atoms with Crippen LogP contribution in [0.15, 0.2) is 11.1 Å². The van der Waals surface area contributed by atoms with E-state index in [4.69, 9.17) is 11.6 Å². The summed E-state index contributed by atoms with van der Waals surface area (Å²) in [7, 11) is 0. The third kappa shape index (κ3) is 3.61. The molecule has 0 saturated carbocycles. The first kappa shape index (κ1) is 7.43. The van der Waals surface area contributed by atoms with Crippen LogP contribution in [0.25, 0.3) is 0 Å². The number of nitro groups is 1. The Morgan fingerprint density at radius 3 is 2.62 bits per heavy atom. The predicted octanol–water partition coefficient (Wildman–Crippen LogP) is 1.41. The molecule has 0 bridgehead atoms. The largest absolute Gasteiger partial charge is 0.264 e. The molecular weight excluding hydrogens is 130 g/mol. The molecule has 0 N–H and O–H groups in total. The first-order chi connectivity index (χ1) is 3.66. The summed E-state index contributed by atoms with van der Waals surface area (Å²) in [5.41, 5.74) is 1.78. The number of hydrogen-bond acceptors (Lipinski definition) is 2. The first-order valence-corrected chi connectivity index (χ1v) is 2.48. The summed E-state index contributed by atoms with van der Waals surface area (Å²) >= 11 is 5.13. The molecule has 0 aromatic heterocycles. The second-order valence-electron chi connectivity index (χ2n) is 1.45. The zero-order valence-corrected chi connectivity index (χ0v) is 5.18. The van der Waals surface area contributed by atoms with Gasteiger partial charge < -0.3 is 0 Å². The average Bonchev–Trinajstić information content (AvgIpc) is 1.65. The minimum absolute atomic E-state index is 0.163. The van der Waals surface area contributed by atoms with Gasteiger partial charge in [0.1, 0.15) is 0 Å². The fourth-order valence-electron chi connectivity index (χ4n) is 0.238. The molecule has 0 aromatic rings.